The summed E-state index contributed by atoms with van der Waals surface area (Å²) in [7, 11) is 0. The van der Waals surface area contributed by atoms with Crippen LogP contribution >= 0.6 is 0 Å². The largest absolute Gasteiger partial charge is 0.370 e. The second kappa shape index (κ2) is 9.41. The number of benzene rings is 2. The van der Waals surface area contributed by atoms with Crippen molar-refractivity contribution >= 4 is 11.7 Å². The second-order valence-electron chi connectivity index (χ2n) is 6.09. The van der Waals surface area contributed by atoms with Gasteiger partial charge >= 0.3 is 0 Å². The van der Waals surface area contributed by atoms with E-state index in [1.54, 1.807) is 30.3 Å². The molecule has 6 heteroatoms. The van der Waals surface area contributed by atoms with E-state index in [-0.39, 0.29) is 17.4 Å². The lowest BCUT2D eigenvalue weighted by atomic mass is 10.1. The molecule has 0 unspecified atom stereocenters. The average Bonchev–Trinajstić information content (AvgIpc) is 2.74. The van der Waals surface area contributed by atoms with Crippen molar-refractivity contribution in [1.29, 1.82) is 0 Å². The van der Waals surface area contributed by atoms with Crippen LogP contribution in [0.4, 0.5) is 10.2 Å². The molecule has 2 N–H and O–H groups in total. The van der Waals surface area contributed by atoms with Crippen molar-refractivity contribution < 1.29 is 9.18 Å². The summed E-state index contributed by atoms with van der Waals surface area (Å²) in [4.78, 5) is 21.2. The molecule has 142 valence electrons. The van der Waals surface area contributed by atoms with Gasteiger partial charge in [0.2, 0.25) is 0 Å². The molecule has 0 spiro atoms. The summed E-state index contributed by atoms with van der Waals surface area (Å²) in [5, 5.41) is 5.88. The van der Waals surface area contributed by atoms with Crippen LogP contribution in [-0.2, 0) is 6.42 Å². The Kier molecular flexibility index (Phi) is 6.46. The van der Waals surface area contributed by atoms with E-state index in [9.17, 15) is 9.18 Å². The van der Waals surface area contributed by atoms with Gasteiger partial charge in [0.1, 0.15) is 17.3 Å². The van der Waals surface area contributed by atoms with E-state index in [0.717, 1.165) is 5.56 Å². The number of rotatable bonds is 8. The number of nitrogens with one attached hydrogen (secondary N) is 2. The van der Waals surface area contributed by atoms with Crippen molar-refractivity contribution in [3.8, 4) is 11.4 Å². The molecule has 3 rings (SSSR count). The lowest BCUT2D eigenvalue weighted by Gasteiger charge is -2.11. The number of amides is 1. The zero-order valence-corrected chi connectivity index (χ0v) is 15.4. The van der Waals surface area contributed by atoms with Crippen molar-refractivity contribution in [3.05, 3.63) is 90.4 Å². The minimum Gasteiger partial charge on any atom is -0.370 e. The highest BCUT2D eigenvalue weighted by molar-refractivity contribution is 5.93. The summed E-state index contributed by atoms with van der Waals surface area (Å²) in [6, 6.07) is 17.7. The molecule has 0 saturated heterocycles. The highest BCUT2D eigenvalue weighted by atomic mass is 19.1. The summed E-state index contributed by atoms with van der Waals surface area (Å²) in [5.41, 5.74) is 1.68. The number of hydrogen-bond donors (Lipinski definition) is 2. The molecule has 1 aromatic heterocycles. The van der Waals surface area contributed by atoms with Crippen LogP contribution in [0.25, 0.3) is 11.4 Å². The summed E-state index contributed by atoms with van der Waals surface area (Å²) in [6.45, 7) is 4.41. The first-order chi connectivity index (χ1) is 13.7. The van der Waals surface area contributed by atoms with Crippen molar-refractivity contribution in [2.45, 2.75) is 6.42 Å². The lowest BCUT2D eigenvalue weighted by molar-refractivity contribution is 0.0953. The number of carbonyl (C=O) groups is 1. The van der Waals surface area contributed by atoms with E-state index in [0.29, 0.717) is 36.7 Å². The molecule has 0 bridgehead atoms. The van der Waals surface area contributed by atoms with E-state index >= 15 is 0 Å². The molecule has 28 heavy (non-hydrogen) atoms. The van der Waals surface area contributed by atoms with Crippen LogP contribution in [-0.4, -0.2) is 29.0 Å². The summed E-state index contributed by atoms with van der Waals surface area (Å²) in [5.74, 6) is 0.410. The van der Waals surface area contributed by atoms with Gasteiger partial charge in [-0.15, -0.1) is 6.58 Å². The maximum absolute atomic E-state index is 13.8. The standard InChI is InChI=1S/C22H21FN4O/c1-2-13-25-22(28)19-15-20(24-14-12-16-8-6-7-11-18(16)23)27-21(26-19)17-9-4-3-5-10-17/h2-11,15H,1,12-14H2,(H,25,28)(H,24,26,27). The van der Waals surface area contributed by atoms with Gasteiger partial charge < -0.3 is 10.6 Å². The molecular weight excluding hydrogens is 355 g/mol. The Balaban J connectivity index is 1.81. The number of aromatic nitrogens is 2. The Morgan fingerprint density at radius 3 is 2.57 bits per heavy atom. The third kappa shape index (κ3) is 5.01. The van der Waals surface area contributed by atoms with Crippen molar-refractivity contribution in [1.82, 2.24) is 15.3 Å². The minimum atomic E-state index is -0.309. The van der Waals surface area contributed by atoms with Crippen LogP contribution < -0.4 is 10.6 Å². The quantitative estimate of drug-likeness (QED) is 0.586. The van der Waals surface area contributed by atoms with Crippen LogP contribution in [0.2, 0.25) is 0 Å². The molecule has 0 aliphatic heterocycles. The van der Waals surface area contributed by atoms with Gasteiger partial charge in [-0.3, -0.25) is 4.79 Å². The summed E-state index contributed by atoms with van der Waals surface area (Å²) < 4.78 is 13.8. The van der Waals surface area contributed by atoms with E-state index in [4.69, 9.17) is 0 Å². The lowest BCUT2D eigenvalue weighted by Crippen LogP contribution is -2.25. The molecule has 5 nitrogen and oxygen atoms in total. The third-order valence-corrected chi connectivity index (χ3v) is 4.06. The van der Waals surface area contributed by atoms with Gasteiger partial charge in [0.15, 0.2) is 5.82 Å². The highest BCUT2D eigenvalue weighted by Gasteiger charge is 2.12. The molecule has 0 aliphatic rings. The van der Waals surface area contributed by atoms with Crippen LogP contribution in [0, 0.1) is 5.82 Å². The first-order valence-corrected chi connectivity index (χ1v) is 8.98. The molecule has 0 saturated carbocycles. The van der Waals surface area contributed by atoms with Gasteiger partial charge in [-0.25, -0.2) is 14.4 Å². The van der Waals surface area contributed by atoms with Crippen LogP contribution in [0.15, 0.2) is 73.3 Å². The molecular formula is C22H21FN4O. The summed E-state index contributed by atoms with van der Waals surface area (Å²) >= 11 is 0. The fraction of sp³-hybridized carbons (Fsp3) is 0.136. The normalized spacial score (nSPS) is 10.3. The Labute approximate surface area is 163 Å². The number of carbonyl (C=O) groups excluding carboxylic acids is 1. The molecule has 0 fully saturated rings. The van der Waals surface area contributed by atoms with E-state index < -0.39 is 0 Å². The van der Waals surface area contributed by atoms with E-state index in [2.05, 4.69) is 27.2 Å². The van der Waals surface area contributed by atoms with Gasteiger partial charge in [-0.05, 0) is 18.1 Å². The van der Waals surface area contributed by atoms with E-state index in [1.165, 1.54) is 6.07 Å². The van der Waals surface area contributed by atoms with Crippen LogP contribution in [0.5, 0.6) is 0 Å². The number of hydrogen-bond acceptors (Lipinski definition) is 4. The maximum atomic E-state index is 13.8. The Morgan fingerprint density at radius 2 is 1.82 bits per heavy atom. The van der Waals surface area contributed by atoms with Gasteiger partial charge in [0.25, 0.3) is 5.91 Å². The predicted octanol–water partition coefficient (Wildman–Crippen LogP) is 3.85. The minimum absolute atomic E-state index is 0.235. The number of halogens is 1. The molecule has 1 amide bonds. The monoisotopic (exact) mass is 376 g/mol. The van der Waals surface area contributed by atoms with Gasteiger partial charge in [-0.2, -0.15) is 0 Å². The SMILES string of the molecule is C=CCNC(=O)c1cc(NCCc2ccccc2F)nc(-c2ccccc2)n1. The molecule has 0 radical (unpaired) electrons. The number of anilines is 1. The van der Waals surface area contributed by atoms with Gasteiger partial charge in [0, 0.05) is 24.7 Å². The highest BCUT2D eigenvalue weighted by Crippen LogP contribution is 2.18. The van der Waals surface area contributed by atoms with Gasteiger partial charge in [0.05, 0.1) is 0 Å². The van der Waals surface area contributed by atoms with E-state index in [1.807, 2.05) is 30.3 Å². The molecule has 0 aliphatic carbocycles. The third-order valence-electron chi connectivity index (χ3n) is 4.06. The van der Waals surface area contributed by atoms with Crippen molar-refractivity contribution in [3.63, 3.8) is 0 Å². The van der Waals surface area contributed by atoms with Crippen molar-refractivity contribution in [2.24, 2.45) is 0 Å². The maximum Gasteiger partial charge on any atom is 0.270 e. The smallest absolute Gasteiger partial charge is 0.270 e. The fourth-order valence-corrected chi connectivity index (χ4v) is 2.65. The summed E-state index contributed by atoms with van der Waals surface area (Å²) in [6.07, 6.45) is 2.10. The predicted molar refractivity (Wildman–Crippen MR) is 109 cm³/mol. The molecule has 0 atom stereocenters. The van der Waals surface area contributed by atoms with Crippen molar-refractivity contribution in [2.75, 3.05) is 18.4 Å². The Morgan fingerprint density at radius 1 is 1.07 bits per heavy atom. The molecule has 1 heterocycles. The first kappa shape index (κ1) is 19.2. The van der Waals surface area contributed by atoms with Crippen LogP contribution in [0.3, 0.4) is 0 Å². The topological polar surface area (TPSA) is 66.9 Å². The number of nitrogens with zero attached hydrogens (tertiary/aromatic N) is 2. The zero-order chi connectivity index (χ0) is 19.8. The Hall–Kier alpha value is -3.54. The van der Waals surface area contributed by atoms with Gasteiger partial charge in [-0.1, -0.05) is 54.6 Å². The fourth-order valence-electron chi connectivity index (χ4n) is 2.65. The first-order valence-electron chi connectivity index (χ1n) is 8.98. The molecule has 2 aromatic carbocycles. The molecule has 3 aromatic rings. The average molecular weight is 376 g/mol. The second-order valence-corrected chi connectivity index (χ2v) is 6.09. The Bertz CT molecular complexity index is 960. The van der Waals surface area contributed by atoms with Crippen LogP contribution in [0.1, 0.15) is 16.1 Å². The zero-order valence-electron chi connectivity index (χ0n) is 15.4.